The first-order chi connectivity index (χ1) is 8.27. The Morgan fingerprint density at radius 3 is 2.50 bits per heavy atom. The first-order valence-electron chi connectivity index (χ1n) is 7.16. The summed E-state index contributed by atoms with van der Waals surface area (Å²) in [6.07, 6.45) is 4.07. The molecule has 0 aromatic carbocycles. The van der Waals surface area contributed by atoms with Gasteiger partial charge in [-0.1, -0.05) is 27.7 Å². The average molecular weight is 255 g/mol. The third-order valence-electron chi connectivity index (χ3n) is 3.87. The molecule has 1 rings (SSSR count). The van der Waals surface area contributed by atoms with Crippen LogP contribution in [0.25, 0.3) is 0 Å². The third kappa shape index (κ3) is 4.60. The molecule has 1 saturated heterocycles. The summed E-state index contributed by atoms with van der Waals surface area (Å²) in [7, 11) is 0. The Morgan fingerprint density at radius 1 is 1.33 bits per heavy atom. The van der Waals surface area contributed by atoms with Gasteiger partial charge in [0.2, 0.25) is 0 Å². The van der Waals surface area contributed by atoms with Crippen LogP contribution in [0.5, 0.6) is 0 Å². The molecule has 0 saturated carbocycles. The largest absolute Gasteiger partial charge is 0.466 e. The van der Waals surface area contributed by atoms with Crippen molar-refractivity contribution in [2.45, 2.75) is 66.3 Å². The second-order valence-corrected chi connectivity index (χ2v) is 6.96. The van der Waals surface area contributed by atoms with Gasteiger partial charge in [-0.25, -0.2) is 0 Å². The van der Waals surface area contributed by atoms with E-state index >= 15 is 0 Å². The molecule has 18 heavy (non-hydrogen) atoms. The summed E-state index contributed by atoms with van der Waals surface area (Å²) in [5.41, 5.74) is 0.229. The van der Waals surface area contributed by atoms with E-state index in [1.807, 2.05) is 6.92 Å². The zero-order chi connectivity index (χ0) is 13.8. The maximum absolute atomic E-state index is 11.6. The topological polar surface area (TPSA) is 38.3 Å². The predicted octanol–water partition coefficient (Wildman–Crippen LogP) is 3.13. The van der Waals surface area contributed by atoms with Crippen LogP contribution in [-0.4, -0.2) is 25.2 Å². The van der Waals surface area contributed by atoms with Gasteiger partial charge in [-0.05, 0) is 43.6 Å². The minimum absolute atomic E-state index is 0.0000231. The number of hydrogen-bond acceptors (Lipinski definition) is 3. The molecule has 0 aromatic heterocycles. The van der Waals surface area contributed by atoms with Gasteiger partial charge < -0.3 is 10.1 Å². The molecular weight excluding hydrogens is 226 g/mol. The van der Waals surface area contributed by atoms with Gasteiger partial charge >= 0.3 is 5.97 Å². The van der Waals surface area contributed by atoms with E-state index in [1.54, 1.807) is 0 Å². The molecular formula is C15H29NO2. The maximum atomic E-state index is 11.6. The van der Waals surface area contributed by atoms with Crippen LogP contribution in [-0.2, 0) is 9.53 Å². The van der Waals surface area contributed by atoms with Gasteiger partial charge in [-0.3, -0.25) is 4.79 Å². The van der Waals surface area contributed by atoms with Gasteiger partial charge in [0, 0.05) is 6.04 Å². The van der Waals surface area contributed by atoms with Crippen molar-refractivity contribution in [3.8, 4) is 0 Å². The van der Waals surface area contributed by atoms with Crippen LogP contribution in [0, 0.1) is 10.8 Å². The van der Waals surface area contributed by atoms with E-state index in [9.17, 15) is 4.79 Å². The van der Waals surface area contributed by atoms with Crippen molar-refractivity contribution in [3.05, 3.63) is 0 Å². The molecule has 0 aromatic rings. The number of nitrogens with one attached hydrogen (secondary N) is 1. The van der Waals surface area contributed by atoms with E-state index in [1.165, 1.54) is 12.8 Å². The van der Waals surface area contributed by atoms with Crippen LogP contribution in [0.2, 0.25) is 0 Å². The van der Waals surface area contributed by atoms with Gasteiger partial charge in [0.25, 0.3) is 0 Å². The molecule has 1 atom stereocenters. The molecule has 0 spiro atoms. The smallest absolute Gasteiger partial charge is 0.306 e. The number of carbonyl (C=O) groups is 1. The molecule has 1 fully saturated rings. The Balaban J connectivity index is 2.54. The molecule has 0 bridgehead atoms. The number of hydrogen-bond donors (Lipinski definition) is 1. The highest BCUT2D eigenvalue weighted by molar-refractivity contribution is 5.70. The number of esters is 1. The Hall–Kier alpha value is -0.570. The lowest BCUT2D eigenvalue weighted by molar-refractivity contribution is -0.145. The Bertz CT molecular complexity index is 278. The normalized spacial score (nSPS) is 21.1. The highest BCUT2D eigenvalue weighted by Crippen LogP contribution is 2.40. The second kappa shape index (κ2) is 6.05. The lowest BCUT2D eigenvalue weighted by atomic mass is 9.69. The Morgan fingerprint density at radius 2 is 2.00 bits per heavy atom. The summed E-state index contributed by atoms with van der Waals surface area (Å²) >= 11 is 0. The lowest BCUT2D eigenvalue weighted by Gasteiger charge is -2.38. The number of ether oxygens (including phenoxy) is 1. The zero-order valence-electron chi connectivity index (χ0n) is 12.6. The minimum atomic E-state index is -0.0716. The molecule has 3 nitrogen and oxygen atoms in total. The van der Waals surface area contributed by atoms with Crippen molar-refractivity contribution in [2.75, 3.05) is 13.2 Å². The van der Waals surface area contributed by atoms with Crippen molar-refractivity contribution in [1.29, 1.82) is 0 Å². The third-order valence-corrected chi connectivity index (χ3v) is 3.87. The lowest BCUT2D eigenvalue weighted by Crippen LogP contribution is -2.40. The number of carbonyl (C=O) groups excluding carboxylic acids is 1. The van der Waals surface area contributed by atoms with Crippen LogP contribution in [0.15, 0.2) is 0 Å². The standard InChI is InChI=1S/C15H29NO2/c1-6-18-13(17)10-14(2,3)11-15(4,5)12-8-7-9-16-12/h12,16H,6-11H2,1-5H3. The van der Waals surface area contributed by atoms with Crippen LogP contribution >= 0.6 is 0 Å². The summed E-state index contributed by atoms with van der Waals surface area (Å²) in [4.78, 5) is 11.6. The quantitative estimate of drug-likeness (QED) is 0.741. The van der Waals surface area contributed by atoms with E-state index in [2.05, 4.69) is 33.0 Å². The minimum Gasteiger partial charge on any atom is -0.466 e. The molecule has 1 aliphatic heterocycles. The van der Waals surface area contributed by atoms with Crippen molar-refractivity contribution < 1.29 is 9.53 Å². The average Bonchev–Trinajstić information content (AvgIpc) is 2.67. The van der Waals surface area contributed by atoms with Crippen molar-refractivity contribution in [1.82, 2.24) is 5.32 Å². The first-order valence-corrected chi connectivity index (χ1v) is 7.16. The first kappa shape index (κ1) is 15.5. The molecule has 0 amide bonds. The van der Waals surface area contributed by atoms with Gasteiger partial charge in [-0.2, -0.15) is 0 Å². The molecule has 1 heterocycles. The molecule has 3 heteroatoms. The fraction of sp³-hybridized carbons (Fsp3) is 0.933. The van der Waals surface area contributed by atoms with E-state index in [-0.39, 0.29) is 16.8 Å². The van der Waals surface area contributed by atoms with Gasteiger partial charge in [-0.15, -0.1) is 0 Å². The van der Waals surface area contributed by atoms with E-state index in [0.717, 1.165) is 13.0 Å². The predicted molar refractivity (Wildman–Crippen MR) is 74.5 cm³/mol. The summed E-state index contributed by atoms with van der Waals surface area (Å²) in [6, 6.07) is 0.582. The van der Waals surface area contributed by atoms with Crippen LogP contribution in [0.4, 0.5) is 0 Å². The fourth-order valence-electron chi connectivity index (χ4n) is 3.37. The van der Waals surface area contributed by atoms with Crippen LogP contribution in [0.1, 0.15) is 60.3 Å². The van der Waals surface area contributed by atoms with Crippen molar-refractivity contribution in [3.63, 3.8) is 0 Å². The molecule has 1 aliphatic rings. The van der Waals surface area contributed by atoms with Crippen LogP contribution in [0.3, 0.4) is 0 Å². The van der Waals surface area contributed by atoms with Crippen molar-refractivity contribution >= 4 is 5.97 Å². The van der Waals surface area contributed by atoms with E-state index in [0.29, 0.717) is 19.1 Å². The van der Waals surface area contributed by atoms with Gasteiger partial charge in [0.15, 0.2) is 0 Å². The summed E-state index contributed by atoms with van der Waals surface area (Å²) in [5, 5.41) is 3.58. The summed E-state index contributed by atoms with van der Waals surface area (Å²) in [5.74, 6) is -0.0716. The van der Waals surface area contributed by atoms with E-state index < -0.39 is 0 Å². The van der Waals surface area contributed by atoms with Crippen LogP contribution < -0.4 is 5.32 Å². The Kier molecular flexibility index (Phi) is 5.20. The molecule has 1 N–H and O–H groups in total. The highest BCUT2D eigenvalue weighted by atomic mass is 16.5. The van der Waals surface area contributed by atoms with Gasteiger partial charge in [0.05, 0.1) is 13.0 Å². The second-order valence-electron chi connectivity index (χ2n) is 6.96. The summed E-state index contributed by atoms with van der Waals surface area (Å²) < 4.78 is 5.06. The SMILES string of the molecule is CCOC(=O)CC(C)(C)CC(C)(C)C1CCCN1. The number of rotatable bonds is 6. The Labute approximate surface area is 112 Å². The fourth-order valence-corrected chi connectivity index (χ4v) is 3.37. The van der Waals surface area contributed by atoms with Gasteiger partial charge in [0.1, 0.15) is 0 Å². The monoisotopic (exact) mass is 255 g/mol. The van der Waals surface area contributed by atoms with E-state index in [4.69, 9.17) is 4.74 Å². The zero-order valence-corrected chi connectivity index (χ0v) is 12.6. The molecule has 0 radical (unpaired) electrons. The maximum Gasteiger partial charge on any atom is 0.306 e. The molecule has 1 unspecified atom stereocenters. The molecule has 106 valence electrons. The van der Waals surface area contributed by atoms with Crippen molar-refractivity contribution in [2.24, 2.45) is 10.8 Å². The molecule has 0 aliphatic carbocycles. The summed E-state index contributed by atoms with van der Waals surface area (Å²) in [6.45, 7) is 12.4. The highest BCUT2D eigenvalue weighted by Gasteiger charge is 2.37.